The molecule has 0 saturated carbocycles. The van der Waals surface area contributed by atoms with Crippen LogP contribution >= 0.6 is 0 Å². The van der Waals surface area contributed by atoms with Crippen molar-refractivity contribution in [2.75, 3.05) is 4.90 Å². The standard InChI is InChI=1S/C56H36N2O/c1-3-13-37(14-4-1)39-23-28-44(29-24-39)57(45-30-25-38-15-7-8-17-41(38)33-45)46-35-49(56-51(36-46)55-47-20-10-9-16-40(47)27-32-54(55)59-56)42-26-31-53-50(34-42)48-21-11-12-22-52(48)58(53)43-18-5-2-6-19-43/h1-36H. The molecule has 0 radical (unpaired) electrons. The first-order chi connectivity index (χ1) is 29.2. The minimum absolute atomic E-state index is 0.878. The second kappa shape index (κ2) is 13.4. The van der Waals surface area contributed by atoms with E-state index in [1.165, 1.54) is 54.5 Å². The van der Waals surface area contributed by atoms with Gasteiger partial charge >= 0.3 is 0 Å². The van der Waals surface area contributed by atoms with Crippen molar-refractivity contribution in [3.63, 3.8) is 0 Å². The number of anilines is 3. The first-order valence-electron chi connectivity index (χ1n) is 20.2. The molecule has 3 nitrogen and oxygen atoms in total. The van der Waals surface area contributed by atoms with Gasteiger partial charge in [-0.2, -0.15) is 0 Å². The Kier molecular flexibility index (Phi) is 7.54. The van der Waals surface area contributed by atoms with Crippen LogP contribution in [0.5, 0.6) is 0 Å². The van der Waals surface area contributed by atoms with Crippen molar-refractivity contribution in [2.45, 2.75) is 0 Å². The molecule has 0 fully saturated rings. The third-order valence-corrected chi connectivity index (χ3v) is 11.9. The topological polar surface area (TPSA) is 21.3 Å². The predicted molar refractivity (Wildman–Crippen MR) is 249 cm³/mol. The van der Waals surface area contributed by atoms with Crippen molar-refractivity contribution >= 4 is 82.4 Å². The molecule has 3 heteroatoms. The molecule has 12 rings (SSSR count). The second-order valence-electron chi connectivity index (χ2n) is 15.3. The van der Waals surface area contributed by atoms with E-state index in [1.807, 2.05) is 0 Å². The molecule has 2 aromatic heterocycles. The Morgan fingerprint density at radius 1 is 0.356 bits per heavy atom. The van der Waals surface area contributed by atoms with Crippen LogP contribution in [-0.2, 0) is 0 Å². The number of para-hydroxylation sites is 2. The molecular weight excluding hydrogens is 717 g/mol. The molecule has 0 aliphatic carbocycles. The summed E-state index contributed by atoms with van der Waals surface area (Å²) in [5.41, 5.74) is 13.0. The van der Waals surface area contributed by atoms with Gasteiger partial charge in [0, 0.05) is 49.9 Å². The number of nitrogens with zero attached hydrogens (tertiary/aromatic N) is 2. The van der Waals surface area contributed by atoms with Crippen molar-refractivity contribution in [3.8, 4) is 27.9 Å². The number of hydrogen-bond acceptors (Lipinski definition) is 2. The SMILES string of the molecule is c1ccc(-c2ccc(N(c3ccc4ccccc4c3)c3cc(-c4ccc5c(c4)c4ccccc4n5-c4ccccc4)c4oc5ccc6ccccc6c5c4c3)cc2)cc1. The van der Waals surface area contributed by atoms with Crippen molar-refractivity contribution in [2.24, 2.45) is 0 Å². The van der Waals surface area contributed by atoms with Crippen molar-refractivity contribution < 1.29 is 4.42 Å². The summed E-state index contributed by atoms with van der Waals surface area (Å²) in [6.45, 7) is 0. The average Bonchev–Trinajstić information content (AvgIpc) is 3.85. The summed E-state index contributed by atoms with van der Waals surface area (Å²) in [6.07, 6.45) is 0. The smallest absolute Gasteiger partial charge is 0.143 e. The highest BCUT2D eigenvalue weighted by atomic mass is 16.3. The molecule has 59 heavy (non-hydrogen) atoms. The number of aromatic nitrogens is 1. The molecule has 0 unspecified atom stereocenters. The number of rotatable bonds is 6. The number of furan rings is 1. The van der Waals surface area contributed by atoms with Gasteiger partial charge in [0.25, 0.3) is 0 Å². The van der Waals surface area contributed by atoms with Gasteiger partial charge in [0.2, 0.25) is 0 Å². The summed E-state index contributed by atoms with van der Waals surface area (Å²) in [6, 6.07) is 78.7. The van der Waals surface area contributed by atoms with Crippen LogP contribution in [-0.4, -0.2) is 4.57 Å². The van der Waals surface area contributed by atoms with Crippen LogP contribution in [0.2, 0.25) is 0 Å². The maximum Gasteiger partial charge on any atom is 0.143 e. The molecule has 0 N–H and O–H groups in total. The Balaban J connectivity index is 1.14. The van der Waals surface area contributed by atoms with Gasteiger partial charge in [-0.1, -0.05) is 146 Å². The molecule has 0 saturated heterocycles. The van der Waals surface area contributed by atoms with E-state index >= 15 is 0 Å². The fourth-order valence-corrected chi connectivity index (χ4v) is 9.17. The molecular formula is C56H36N2O. The highest BCUT2D eigenvalue weighted by Crippen LogP contribution is 2.46. The quantitative estimate of drug-likeness (QED) is 0.169. The summed E-state index contributed by atoms with van der Waals surface area (Å²) < 4.78 is 9.33. The van der Waals surface area contributed by atoms with Crippen LogP contribution in [0.3, 0.4) is 0 Å². The van der Waals surface area contributed by atoms with E-state index in [2.05, 4.69) is 228 Å². The van der Waals surface area contributed by atoms with Crippen LogP contribution in [0.4, 0.5) is 17.1 Å². The lowest BCUT2D eigenvalue weighted by Gasteiger charge is -2.27. The normalized spacial score (nSPS) is 11.7. The van der Waals surface area contributed by atoms with Gasteiger partial charge in [0.15, 0.2) is 0 Å². The van der Waals surface area contributed by atoms with Gasteiger partial charge < -0.3 is 13.9 Å². The van der Waals surface area contributed by atoms with Crippen LogP contribution in [0.15, 0.2) is 223 Å². The number of fused-ring (bicyclic) bond motifs is 9. The maximum absolute atomic E-state index is 6.96. The highest BCUT2D eigenvalue weighted by molar-refractivity contribution is 6.22. The maximum atomic E-state index is 6.96. The summed E-state index contributed by atoms with van der Waals surface area (Å²) in [5.74, 6) is 0. The molecule has 10 aromatic carbocycles. The summed E-state index contributed by atoms with van der Waals surface area (Å²) >= 11 is 0. The molecule has 0 atom stereocenters. The van der Waals surface area contributed by atoms with E-state index in [1.54, 1.807) is 0 Å². The zero-order chi connectivity index (χ0) is 38.9. The third kappa shape index (κ3) is 5.44. The number of benzene rings is 10. The van der Waals surface area contributed by atoms with Crippen LogP contribution in [0.1, 0.15) is 0 Å². The lowest BCUT2D eigenvalue weighted by Crippen LogP contribution is -2.10. The van der Waals surface area contributed by atoms with Gasteiger partial charge in [-0.05, 0) is 111 Å². The van der Waals surface area contributed by atoms with Gasteiger partial charge in [-0.15, -0.1) is 0 Å². The zero-order valence-corrected chi connectivity index (χ0v) is 32.1. The summed E-state index contributed by atoms with van der Waals surface area (Å²) in [4.78, 5) is 2.40. The van der Waals surface area contributed by atoms with Crippen molar-refractivity contribution in [1.29, 1.82) is 0 Å². The summed E-state index contributed by atoms with van der Waals surface area (Å²) in [5, 5.41) is 9.39. The van der Waals surface area contributed by atoms with Crippen molar-refractivity contribution in [1.82, 2.24) is 4.57 Å². The lowest BCUT2D eigenvalue weighted by atomic mass is 9.97. The Bertz CT molecular complexity index is 3540. The van der Waals surface area contributed by atoms with E-state index < -0.39 is 0 Å². The number of hydrogen-bond donors (Lipinski definition) is 0. The molecule has 276 valence electrons. The largest absolute Gasteiger partial charge is 0.455 e. The van der Waals surface area contributed by atoms with Gasteiger partial charge in [-0.25, -0.2) is 0 Å². The first-order valence-corrected chi connectivity index (χ1v) is 20.2. The van der Waals surface area contributed by atoms with E-state index in [9.17, 15) is 0 Å². The van der Waals surface area contributed by atoms with Gasteiger partial charge in [0.1, 0.15) is 11.2 Å². The lowest BCUT2D eigenvalue weighted by molar-refractivity contribution is 0.670. The molecule has 0 aliphatic heterocycles. The van der Waals surface area contributed by atoms with Crippen LogP contribution < -0.4 is 4.90 Å². The minimum atomic E-state index is 0.878. The fraction of sp³-hybridized carbons (Fsp3) is 0. The molecule has 2 heterocycles. The molecule has 0 aliphatic rings. The van der Waals surface area contributed by atoms with Gasteiger partial charge in [0.05, 0.1) is 11.0 Å². The zero-order valence-electron chi connectivity index (χ0n) is 32.1. The molecule has 0 spiro atoms. The fourth-order valence-electron chi connectivity index (χ4n) is 9.17. The van der Waals surface area contributed by atoms with Crippen molar-refractivity contribution in [3.05, 3.63) is 218 Å². The Hall–Kier alpha value is -7.88. The molecule has 12 aromatic rings. The second-order valence-corrected chi connectivity index (χ2v) is 15.3. The predicted octanol–water partition coefficient (Wildman–Crippen LogP) is 15.8. The minimum Gasteiger partial charge on any atom is -0.455 e. The first kappa shape index (κ1) is 33.3. The third-order valence-electron chi connectivity index (χ3n) is 11.9. The summed E-state index contributed by atoms with van der Waals surface area (Å²) in [7, 11) is 0. The Morgan fingerprint density at radius 3 is 1.81 bits per heavy atom. The van der Waals surface area contributed by atoms with Crippen LogP contribution in [0, 0.1) is 0 Å². The Labute approximate surface area is 341 Å². The van der Waals surface area contributed by atoms with E-state index in [4.69, 9.17) is 4.42 Å². The Morgan fingerprint density at radius 2 is 0.983 bits per heavy atom. The molecule has 0 amide bonds. The van der Waals surface area contributed by atoms with E-state index in [-0.39, 0.29) is 0 Å². The van der Waals surface area contributed by atoms with E-state index in [0.29, 0.717) is 0 Å². The highest BCUT2D eigenvalue weighted by Gasteiger charge is 2.22. The van der Waals surface area contributed by atoms with Crippen LogP contribution in [0.25, 0.3) is 93.2 Å². The monoisotopic (exact) mass is 752 g/mol. The van der Waals surface area contributed by atoms with E-state index in [0.717, 1.165) is 55.8 Å². The molecule has 0 bridgehead atoms. The van der Waals surface area contributed by atoms with Gasteiger partial charge in [-0.3, -0.25) is 0 Å². The average molecular weight is 753 g/mol.